The molecule has 1 atom stereocenters. The first-order valence-electron chi connectivity index (χ1n) is 6.15. The van der Waals surface area contributed by atoms with Gasteiger partial charge in [-0.25, -0.2) is 0 Å². The number of allylic oxidation sites excluding steroid dienone is 1. The Morgan fingerprint density at radius 3 is 2.59 bits per heavy atom. The van der Waals surface area contributed by atoms with Gasteiger partial charge in [-0.1, -0.05) is 23.8 Å². The minimum absolute atomic E-state index is 0.438. The normalized spacial score (nSPS) is 17.1. The number of aliphatic hydroxyl groups is 1. The van der Waals surface area contributed by atoms with E-state index in [0.29, 0.717) is 5.56 Å². The van der Waals surface area contributed by atoms with Crippen LogP contribution in [0.4, 0.5) is 0 Å². The summed E-state index contributed by atoms with van der Waals surface area (Å²) in [6.45, 7) is 0. The summed E-state index contributed by atoms with van der Waals surface area (Å²) >= 11 is 0. The third kappa shape index (κ3) is 3.18. The van der Waals surface area contributed by atoms with Crippen molar-refractivity contribution in [2.24, 2.45) is 0 Å². The predicted molar refractivity (Wildman–Crippen MR) is 67.3 cm³/mol. The van der Waals surface area contributed by atoms with Gasteiger partial charge in [0.25, 0.3) is 0 Å². The van der Waals surface area contributed by atoms with Gasteiger partial charge in [0.05, 0.1) is 17.7 Å². The van der Waals surface area contributed by atoms with E-state index in [9.17, 15) is 5.11 Å². The molecule has 0 radical (unpaired) electrons. The molecule has 2 heteroatoms. The highest BCUT2D eigenvalue weighted by Crippen LogP contribution is 2.27. The summed E-state index contributed by atoms with van der Waals surface area (Å²) in [7, 11) is 0. The maximum Gasteiger partial charge on any atom is 0.0991 e. The topological polar surface area (TPSA) is 44.0 Å². The molecule has 0 saturated carbocycles. The molecule has 0 spiro atoms. The largest absolute Gasteiger partial charge is 0.388 e. The van der Waals surface area contributed by atoms with Crippen molar-refractivity contribution in [1.82, 2.24) is 0 Å². The number of hydrogen-bond acceptors (Lipinski definition) is 2. The molecule has 0 aromatic heterocycles. The van der Waals surface area contributed by atoms with Crippen LogP contribution >= 0.6 is 0 Å². The van der Waals surface area contributed by atoms with Crippen molar-refractivity contribution in [2.75, 3.05) is 0 Å². The van der Waals surface area contributed by atoms with Crippen LogP contribution in [0, 0.1) is 11.3 Å². The zero-order valence-corrected chi connectivity index (χ0v) is 9.89. The average molecular weight is 227 g/mol. The molecule has 0 aliphatic heterocycles. The smallest absolute Gasteiger partial charge is 0.0991 e. The van der Waals surface area contributed by atoms with Crippen molar-refractivity contribution < 1.29 is 5.11 Å². The summed E-state index contributed by atoms with van der Waals surface area (Å²) in [6.07, 6.45) is 7.33. The number of nitriles is 1. The average Bonchev–Trinajstić information content (AvgIpc) is 2.40. The van der Waals surface area contributed by atoms with Gasteiger partial charge in [-0.2, -0.15) is 5.26 Å². The fourth-order valence-corrected chi connectivity index (χ4v) is 2.24. The zero-order valence-electron chi connectivity index (χ0n) is 9.89. The van der Waals surface area contributed by atoms with E-state index >= 15 is 0 Å². The molecule has 88 valence electrons. The summed E-state index contributed by atoms with van der Waals surface area (Å²) in [6, 6.07) is 9.28. The molecule has 1 unspecified atom stereocenters. The third-order valence-corrected chi connectivity index (χ3v) is 3.27. The maximum absolute atomic E-state index is 10.1. The second kappa shape index (κ2) is 5.65. The first-order valence-corrected chi connectivity index (χ1v) is 6.15. The van der Waals surface area contributed by atoms with Crippen molar-refractivity contribution in [3.8, 4) is 6.07 Å². The van der Waals surface area contributed by atoms with Crippen LogP contribution in [0.1, 0.15) is 49.3 Å². The molecule has 1 aromatic carbocycles. The summed E-state index contributed by atoms with van der Waals surface area (Å²) in [5.74, 6) is 0. The standard InChI is InChI=1S/C15H17NO/c16-11-13-6-8-14(9-7-13)15(17)10-12-4-2-1-3-5-12/h4,6-9,15,17H,1-3,5,10H2. The van der Waals surface area contributed by atoms with Crippen molar-refractivity contribution in [3.63, 3.8) is 0 Å². The van der Waals surface area contributed by atoms with E-state index in [0.717, 1.165) is 24.8 Å². The Labute approximate surface area is 102 Å². The van der Waals surface area contributed by atoms with Crippen LogP contribution in [-0.4, -0.2) is 5.11 Å². The summed E-state index contributed by atoms with van der Waals surface area (Å²) < 4.78 is 0. The van der Waals surface area contributed by atoms with Crippen LogP contribution in [0.25, 0.3) is 0 Å². The van der Waals surface area contributed by atoms with Crippen LogP contribution in [0.5, 0.6) is 0 Å². The van der Waals surface area contributed by atoms with Gasteiger partial charge in [-0.15, -0.1) is 0 Å². The van der Waals surface area contributed by atoms with Gasteiger partial charge in [-0.3, -0.25) is 0 Å². The van der Waals surface area contributed by atoms with E-state index in [2.05, 4.69) is 12.1 Å². The Kier molecular flexibility index (Phi) is 3.95. The number of aliphatic hydroxyl groups excluding tert-OH is 1. The molecule has 2 rings (SSSR count). The zero-order chi connectivity index (χ0) is 12.1. The van der Waals surface area contributed by atoms with Crippen molar-refractivity contribution in [2.45, 2.75) is 38.2 Å². The molecule has 2 nitrogen and oxygen atoms in total. The van der Waals surface area contributed by atoms with Gasteiger partial charge < -0.3 is 5.11 Å². The van der Waals surface area contributed by atoms with Crippen LogP contribution in [0.15, 0.2) is 35.9 Å². The van der Waals surface area contributed by atoms with Crippen LogP contribution in [0.2, 0.25) is 0 Å². The van der Waals surface area contributed by atoms with Crippen molar-refractivity contribution in [1.29, 1.82) is 5.26 Å². The van der Waals surface area contributed by atoms with E-state index in [4.69, 9.17) is 5.26 Å². The van der Waals surface area contributed by atoms with Gasteiger partial charge in [0.15, 0.2) is 0 Å². The van der Waals surface area contributed by atoms with Gasteiger partial charge in [0.1, 0.15) is 0 Å². The van der Waals surface area contributed by atoms with Gasteiger partial charge in [0.2, 0.25) is 0 Å². The quantitative estimate of drug-likeness (QED) is 0.803. The molecule has 0 amide bonds. The molecule has 0 bridgehead atoms. The van der Waals surface area contributed by atoms with Crippen molar-refractivity contribution in [3.05, 3.63) is 47.0 Å². The van der Waals surface area contributed by atoms with Gasteiger partial charge in [-0.05, 0) is 49.8 Å². The molecule has 1 N–H and O–H groups in total. The van der Waals surface area contributed by atoms with Gasteiger partial charge >= 0.3 is 0 Å². The van der Waals surface area contributed by atoms with Crippen LogP contribution < -0.4 is 0 Å². The molecule has 17 heavy (non-hydrogen) atoms. The molecular formula is C15H17NO. The highest BCUT2D eigenvalue weighted by atomic mass is 16.3. The lowest BCUT2D eigenvalue weighted by molar-refractivity contribution is 0.176. The molecule has 0 heterocycles. The Morgan fingerprint density at radius 1 is 1.24 bits per heavy atom. The van der Waals surface area contributed by atoms with Crippen molar-refractivity contribution >= 4 is 0 Å². The van der Waals surface area contributed by atoms with Crippen LogP contribution in [0.3, 0.4) is 0 Å². The number of rotatable bonds is 3. The highest BCUT2D eigenvalue weighted by molar-refractivity contribution is 5.32. The first-order chi connectivity index (χ1) is 8.29. The molecular weight excluding hydrogens is 210 g/mol. The number of hydrogen-bond donors (Lipinski definition) is 1. The Balaban J connectivity index is 2.01. The molecule has 1 aliphatic carbocycles. The third-order valence-electron chi connectivity index (χ3n) is 3.27. The highest BCUT2D eigenvalue weighted by Gasteiger charge is 2.12. The SMILES string of the molecule is N#Cc1ccc(C(O)CC2=CCCCC2)cc1. The van der Waals surface area contributed by atoms with E-state index in [1.165, 1.54) is 18.4 Å². The van der Waals surface area contributed by atoms with E-state index < -0.39 is 6.10 Å². The lowest BCUT2D eigenvalue weighted by Crippen LogP contribution is -2.01. The minimum Gasteiger partial charge on any atom is -0.388 e. The summed E-state index contributed by atoms with van der Waals surface area (Å²) in [4.78, 5) is 0. The predicted octanol–water partition coefficient (Wildman–Crippen LogP) is 3.48. The van der Waals surface area contributed by atoms with E-state index in [-0.39, 0.29) is 0 Å². The molecule has 0 saturated heterocycles. The Bertz CT molecular complexity index is 439. The fourth-order valence-electron chi connectivity index (χ4n) is 2.24. The molecule has 1 aromatic rings. The monoisotopic (exact) mass is 227 g/mol. The summed E-state index contributed by atoms with van der Waals surface area (Å²) in [5.41, 5.74) is 2.90. The minimum atomic E-state index is -0.438. The fraction of sp³-hybridized carbons (Fsp3) is 0.400. The second-order valence-corrected chi connectivity index (χ2v) is 4.56. The summed E-state index contributed by atoms with van der Waals surface area (Å²) in [5, 5.41) is 18.8. The first kappa shape index (κ1) is 11.9. The van der Waals surface area contributed by atoms with Gasteiger partial charge in [0, 0.05) is 0 Å². The lowest BCUT2D eigenvalue weighted by atomic mass is 9.93. The van der Waals surface area contributed by atoms with Crippen LogP contribution in [-0.2, 0) is 0 Å². The molecule has 1 aliphatic rings. The lowest BCUT2D eigenvalue weighted by Gasteiger charge is -2.16. The Hall–Kier alpha value is -1.59. The maximum atomic E-state index is 10.1. The van der Waals surface area contributed by atoms with E-state index in [1.54, 1.807) is 12.1 Å². The second-order valence-electron chi connectivity index (χ2n) is 4.56. The molecule has 0 fully saturated rings. The number of nitrogens with zero attached hydrogens (tertiary/aromatic N) is 1. The number of benzene rings is 1. The van der Waals surface area contributed by atoms with E-state index in [1.807, 2.05) is 12.1 Å². The Morgan fingerprint density at radius 2 is 2.00 bits per heavy atom.